The first kappa shape index (κ1) is 22.5. The summed E-state index contributed by atoms with van der Waals surface area (Å²) in [5.41, 5.74) is 1.54. The van der Waals surface area contributed by atoms with Crippen molar-refractivity contribution in [2.45, 2.75) is 18.2 Å². The van der Waals surface area contributed by atoms with E-state index in [4.69, 9.17) is 0 Å². The molecule has 1 heterocycles. The largest absolute Gasteiger partial charge is 0.326 e. The van der Waals surface area contributed by atoms with E-state index in [0.29, 0.717) is 5.69 Å². The second-order valence-electron chi connectivity index (χ2n) is 7.85. The number of nitrogens with zero attached hydrogens (tertiary/aromatic N) is 1. The van der Waals surface area contributed by atoms with Crippen molar-refractivity contribution in [3.63, 3.8) is 0 Å². The van der Waals surface area contributed by atoms with Crippen molar-refractivity contribution < 1.29 is 22.4 Å². The number of nitrogens with one attached hydrogen (secondary N) is 2. The number of benzene rings is 3. The maximum Gasteiger partial charge on any atom is 0.261 e. The minimum absolute atomic E-state index is 0.0422. The lowest BCUT2D eigenvalue weighted by molar-refractivity contribution is -0.122. The van der Waals surface area contributed by atoms with Crippen LogP contribution >= 0.6 is 0 Å². The zero-order valence-corrected chi connectivity index (χ0v) is 18.6. The maximum atomic E-state index is 14.3. The quantitative estimate of drug-likeness (QED) is 0.574. The molecule has 9 heteroatoms. The van der Waals surface area contributed by atoms with Gasteiger partial charge in [0, 0.05) is 18.7 Å². The van der Waals surface area contributed by atoms with Crippen LogP contribution in [0.2, 0.25) is 0 Å². The molecule has 1 unspecified atom stereocenters. The van der Waals surface area contributed by atoms with Crippen LogP contribution in [-0.4, -0.2) is 26.8 Å². The van der Waals surface area contributed by atoms with E-state index in [9.17, 15) is 22.4 Å². The summed E-state index contributed by atoms with van der Waals surface area (Å²) < 4.78 is 41.8. The van der Waals surface area contributed by atoms with Crippen LogP contribution in [0.25, 0.3) is 0 Å². The van der Waals surface area contributed by atoms with Gasteiger partial charge >= 0.3 is 0 Å². The second kappa shape index (κ2) is 9.03. The predicted octanol–water partition coefficient (Wildman–Crippen LogP) is 3.93. The summed E-state index contributed by atoms with van der Waals surface area (Å²) >= 11 is 0. The highest BCUT2D eigenvalue weighted by molar-refractivity contribution is 7.92. The van der Waals surface area contributed by atoms with Gasteiger partial charge in [-0.05, 0) is 55.0 Å². The third-order valence-corrected chi connectivity index (χ3v) is 6.72. The Morgan fingerprint density at radius 3 is 2.45 bits per heavy atom. The number of rotatable bonds is 6. The first-order valence-electron chi connectivity index (χ1n) is 10.3. The normalized spacial score (nSPS) is 16.0. The first-order valence-corrected chi connectivity index (χ1v) is 11.8. The van der Waals surface area contributed by atoms with E-state index in [-0.39, 0.29) is 35.1 Å². The summed E-state index contributed by atoms with van der Waals surface area (Å²) in [4.78, 5) is 26.6. The Morgan fingerprint density at radius 1 is 1.00 bits per heavy atom. The molecule has 2 N–H and O–H groups in total. The smallest absolute Gasteiger partial charge is 0.261 e. The summed E-state index contributed by atoms with van der Waals surface area (Å²) in [6.07, 6.45) is -0.0422. The fourth-order valence-electron chi connectivity index (χ4n) is 3.67. The van der Waals surface area contributed by atoms with Gasteiger partial charge in [-0.3, -0.25) is 14.3 Å². The Bertz CT molecular complexity index is 1310. The van der Waals surface area contributed by atoms with Crippen LogP contribution in [0.4, 0.5) is 21.5 Å². The van der Waals surface area contributed by atoms with E-state index in [1.54, 1.807) is 49.4 Å². The zero-order valence-electron chi connectivity index (χ0n) is 17.8. The van der Waals surface area contributed by atoms with Crippen molar-refractivity contribution in [1.29, 1.82) is 0 Å². The summed E-state index contributed by atoms with van der Waals surface area (Å²) in [6, 6.07) is 18.8. The van der Waals surface area contributed by atoms with Crippen molar-refractivity contribution in [2.75, 3.05) is 21.5 Å². The van der Waals surface area contributed by atoms with E-state index in [1.807, 2.05) is 0 Å². The Labute approximate surface area is 191 Å². The highest BCUT2D eigenvalue weighted by Gasteiger charge is 2.36. The molecule has 4 rings (SSSR count). The summed E-state index contributed by atoms with van der Waals surface area (Å²) in [7, 11) is -3.78. The van der Waals surface area contributed by atoms with Crippen molar-refractivity contribution in [2.24, 2.45) is 5.92 Å². The minimum atomic E-state index is -3.78. The van der Waals surface area contributed by atoms with Gasteiger partial charge in [0.25, 0.3) is 10.0 Å². The average Bonchev–Trinajstić information content (AvgIpc) is 3.16. The highest BCUT2D eigenvalue weighted by Crippen LogP contribution is 2.29. The number of aryl methyl sites for hydroxylation is 1. The van der Waals surface area contributed by atoms with Crippen molar-refractivity contribution in [1.82, 2.24) is 0 Å². The van der Waals surface area contributed by atoms with Gasteiger partial charge in [0.2, 0.25) is 11.8 Å². The molecule has 1 saturated heterocycles. The predicted molar refractivity (Wildman–Crippen MR) is 124 cm³/mol. The number of carbonyl (C=O) groups excluding carboxylic acids is 2. The summed E-state index contributed by atoms with van der Waals surface area (Å²) in [5.74, 6) is -1.91. The van der Waals surface area contributed by atoms with Gasteiger partial charge in [0.05, 0.1) is 22.2 Å². The van der Waals surface area contributed by atoms with Gasteiger partial charge in [-0.15, -0.1) is 0 Å². The number of anilines is 3. The molecule has 1 aliphatic rings. The third-order valence-electron chi connectivity index (χ3n) is 5.33. The standard InChI is InChI=1S/C24H22FN3O4S/c1-16-10-11-22(21(25)12-16)28-15-17(13-23(28)29)24(30)26-18-6-5-7-19(14-18)27-33(31,32)20-8-3-2-4-9-20/h2-12,14,17,27H,13,15H2,1H3,(H,26,30). The molecular weight excluding hydrogens is 445 g/mol. The molecule has 0 bridgehead atoms. The number of hydrogen-bond donors (Lipinski definition) is 2. The van der Waals surface area contributed by atoms with Crippen LogP contribution in [0.5, 0.6) is 0 Å². The fraction of sp³-hybridized carbons (Fsp3) is 0.167. The van der Waals surface area contributed by atoms with Gasteiger partial charge in [-0.25, -0.2) is 12.8 Å². The number of carbonyl (C=O) groups is 2. The van der Waals surface area contributed by atoms with Crippen LogP contribution in [0.1, 0.15) is 12.0 Å². The van der Waals surface area contributed by atoms with Gasteiger partial charge in [0.1, 0.15) is 5.82 Å². The van der Waals surface area contributed by atoms with Crippen molar-refractivity contribution >= 4 is 38.9 Å². The van der Waals surface area contributed by atoms with Crippen LogP contribution in [0.15, 0.2) is 77.7 Å². The van der Waals surface area contributed by atoms with Gasteiger partial charge < -0.3 is 10.2 Å². The topological polar surface area (TPSA) is 95.6 Å². The molecule has 170 valence electrons. The van der Waals surface area contributed by atoms with Gasteiger partial charge in [-0.2, -0.15) is 0 Å². The van der Waals surface area contributed by atoms with Crippen molar-refractivity contribution in [3.05, 3.63) is 84.2 Å². The molecule has 0 spiro atoms. The minimum Gasteiger partial charge on any atom is -0.326 e. The molecule has 0 radical (unpaired) electrons. The molecule has 1 fully saturated rings. The second-order valence-corrected chi connectivity index (χ2v) is 9.53. The molecule has 0 saturated carbocycles. The Morgan fingerprint density at radius 2 is 1.73 bits per heavy atom. The molecule has 7 nitrogen and oxygen atoms in total. The lowest BCUT2D eigenvalue weighted by Gasteiger charge is -2.18. The number of hydrogen-bond acceptors (Lipinski definition) is 4. The molecule has 3 aromatic carbocycles. The first-order chi connectivity index (χ1) is 15.7. The molecule has 33 heavy (non-hydrogen) atoms. The fourth-order valence-corrected chi connectivity index (χ4v) is 4.74. The lowest BCUT2D eigenvalue weighted by atomic mass is 10.1. The summed E-state index contributed by atoms with van der Waals surface area (Å²) in [5, 5.41) is 2.72. The maximum absolute atomic E-state index is 14.3. The Kier molecular flexibility index (Phi) is 6.15. The SMILES string of the molecule is Cc1ccc(N2CC(C(=O)Nc3cccc(NS(=O)(=O)c4ccccc4)c3)CC2=O)c(F)c1. The van der Waals surface area contributed by atoms with Crippen LogP contribution in [0.3, 0.4) is 0 Å². The van der Waals surface area contributed by atoms with E-state index < -0.39 is 27.7 Å². The van der Waals surface area contributed by atoms with Crippen LogP contribution in [-0.2, 0) is 19.6 Å². The van der Waals surface area contributed by atoms with Crippen LogP contribution < -0.4 is 14.9 Å². The average molecular weight is 468 g/mol. The molecular formula is C24H22FN3O4S. The van der Waals surface area contributed by atoms with E-state index in [0.717, 1.165) is 5.56 Å². The van der Waals surface area contributed by atoms with E-state index in [2.05, 4.69) is 10.0 Å². The third kappa shape index (κ3) is 5.04. The number of halogens is 1. The number of amides is 2. The molecule has 3 aromatic rings. The highest BCUT2D eigenvalue weighted by atomic mass is 32.2. The molecule has 2 amide bonds. The molecule has 1 atom stereocenters. The Balaban J connectivity index is 1.44. The van der Waals surface area contributed by atoms with Crippen molar-refractivity contribution in [3.8, 4) is 0 Å². The zero-order chi connectivity index (χ0) is 23.6. The van der Waals surface area contributed by atoms with Crippen LogP contribution in [0, 0.1) is 18.7 Å². The summed E-state index contributed by atoms with van der Waals surface area (Å²) in [6.45, 7) is 1.81. The van der Waals surface area contributed by atoms with Gasteiger partial charge in [0.15, 0.2) is 0 Å². The number of sulfonamides is 1. The monoisotopic (exact) mass is 467 g/mol. The lowest BCUT2D eigenvalue weighted by Crippen LogP contribution is -2.28. The molecule has 1 aliphatic heterocycles. The van der Waals surface area contributed by atoms with E-state index in [1.165, 1.54) is 35.2 Å². The van der Waals surface area contributed by atoms with E-state index >= 15 is 0 Å². The van der Waals surface area contributed by atoms with Gasteiger partial charge in [-0.1, -0.05) is 30.3 Å². The molecule has 0 aromatic heterocycles. The Hall–Kier alpha value is -3.72. The molecule has 0 aliphatic carbocycles.